The average Bonchev–Trinajstić information content (AvgIpc) is 3.30. The second-order valence-electron chi connectivity index (χ2n) is 4.85. The summed E-state index contributed by atoms with van der Waals surface area (Å²) in [5.74, 6) is 0. The summed E-state index contributed by atoms with van der Waals surface area (Å²) in [7, 11) is 0. The summed E-state index contributed by atoms with van der Waals surface area (Å²) in [6, 6.07) is 0. The Morgan fingerprint density at radius 1 is 0.900 bits per heavy atom. The number of hydrogen-bond acceptors (Lipinski definition) is 6. The molecule has 3 heterocycles. The zero-order chi connectivity index (χ0) is 14.3. The lowest BCUT2D eigenvalue weighted by Crippen LogP contribution is -2.55. The normalized spacial score (nSPS) is 23.9. The minimum atomic E-state index is -0.711. The molecule has 0 radical (unpaired) electrons. The predicted octanol–water partition coefficient (Wildman–Crippen LogP) is -3.04. The van der Waals surface area contributed by atoms with Gasteiger partial charge >= 0.3 is 17.1 Å². The quantitative estimate of drug-likeness (QED) is 0.556. The van der Waals surface area contributed by atoms with E-state index in [1.807, 2.05) is 0 Å². The van der Waals surface area contributed by atoms with Crippen LogP contribution in [0.25, 0.3) is 0 Å². The number of ether oxygens (including phenoxy) is 2. The summed E-state index contributed by atoms with van der Waals surface area (Å²) in [4.78, 5) is 36.5. The van der Waals surface area contributed by atoms with Gasteiger partial charge in [-0.25, -0.2) is 28.1 Å². The molecule has 0 aliphatic carbocycles. The number of epoxide rings is 2. The van der Waals surface area contributed by atoms with Gasteiger partial charge in [0.2, 0.25) is 0 Å². The van der Waals surface area contributed by atoms with Gasteiger partial charge < -0.3 is 14.6 Å². The Kier molecular flexibility index (Phi) is 3.32. The van der Waals surface area contributed by atoms with Crippen LogP contribution in [0.5, 0.6) is 0 Å². The molecule has 1 aromatic rings. The Labute approximate surface area is 112 Å². The molecule has 1 aromatic heterocycles. The Hall–Kier alpha value is -1.71. The summed E-state index contributed by atoms with van der Waals surface area (Å²) in [6.45, 7) is 0.736. The first-order valence-corrected chi connectivity index (χ1v) is 6.40. The van der Waals surface area contributed by atoms with E-state index in [-0.39, 0.29) is 38.4 Å². The second-order valence-corrected chi connectivity index (χ2v) is 4.85. The van der Waals surface area contributed by atoms with Crippen LogP contribution in [-0.2, 0) is 29.1 Å². The minimum Gasteiger partial charge on any atom is -0.395 e. The molecule has 0 bridgehead atoms. The second kappa shape index (κ2) is 5.00. The lowest BCUT2D eigenvalue weighted by Gasteiger charge is -2.11. The van der Waals surface area contributed by atoms with E-state index in [0.717, 1.165) is 13.7 Å². The summed E-state index contributed by atoms with van der Waals surface area (Å²) in [5, 5.41) is 8.96. The zero-order valence-corrected chi connectivity index (χ0v) is 10.7. The molecule has 9 heteroatoms. The maximum absolute atomic E-state index is 12.2. The summed E-state index contributed by atoms with van der Waals surface area (Å²) in [5.41, 5.74) is -2.07. The van der Waals surface area contributed by atoms with Gasteiger partial charge in [0.05, 0.1) is 51.7 Å². The molecule has 3 rings (SSSR count). The average molecular weight is 285 g/mol. The predicted molar refractivity (Wildman–Crippen MR) is 65.8 cm³/mol. The van der Waals surface area contributed by atoms with Crippen LogP contribution in [0.1, 0.15) is 0 Å². The molecule has 9 nitrogen and oxygen atoms in total. The van der Waals surface area contributed by atoms with Crippen molar-refractivity contribution < 1.29 is 14.6 Å². The van der Waals surface area contributed by atoms with Crippen molar-refractivity contribution >= 4 is 0 Å². The van der Waals surface area contributed by atoms with Crippen molar-refractivity contribution in [2.45, 2.75) is 31.8 Å². The largest absolute Gasteiger partial charge is 0.395 e. The van der Waals surface area contributed by atoms with Crippen LogP contribution in [0.4, 0.5) is 0 Å². The zero-order valence-electron chi connectivity index (χ0n) is 10.7. The van der Waals surface area contributed by atoms with E-state index in [0.29, 0.717) is 13.2 Å². The molecular formula is C11H15N3O6. The minimum absolute atomic E-state index is 0.120. The van der Waals surface area contributed by atoms with Gasteiger partial charge in [-0.05, 0) is 0 Å². The van der Waals surface area contributed by atoms with Gasteiger partial charge in [0, 0.05) is 0 Å². The smallest absolute Gasteiger partial charge is 0.336 e. The highest BCUT2D eigenvalue weighted by molar-refractivity contribution is 4.84. The molecule has 2 aliphatic rings. The molecule has 2 unspecified atom stereocenters. The van der Waals surface area contributed by atoms with Gasteiger partial charge in [0.15, 0.2) is 0 Å². The fourth-order valence-corrected chi connectivity index (χ4v) is 2.04. The van der Waals surface area contributed by atoms with Gasteiger partial charge in [-0.2, -0.15) is 0 Å². The van der Waals surface area contributed by atoms with Gasteiger partial charge in [0.25, 0.3) is 0 Å². The van der Waals surface area contributed by atoms with Crippen LogP contribution in [0.15, 0.2) is 14.4 Å². The highest BCUT2D eigenvalue weighted by Crippen LogP contribution is 2.10. The van der Waals surface area contributed by atoms with Gasteiger partial charge in [-0.3, -0.25) is 0 Å². The van der Waals surface area contributed by atoms with E-state index in [9.17, 15) is 14.4 Å². The molecule has 0 amide bonds. The van der Waals surface area contributed by atoms with Crippen molar-refractivity contribution in [1.29, 1.82) is 0 Å². The number of aromatic nitrogens is 3. The Bertz CT molecular complexity index is 627. The fourth-order valence-electron chi connectivity index (χ4n) is 2.04. The molecule has 0 aromatic carbocycles. The molecule has 0 spiro atoms. The molecule has 0 saturated carbocycles. The van der Waals surface area contributed by atoms with Crippen molar-refractivity contribution in [2.75, 3.05) is 19.8 Å². The van der Waals surface area contributed by atoms with Crippen molar-refractivity contribution in [3.8, 4) is 0 Å². The highest BCUT2D eigenvalue weighted by Gasteiger charge is 2.29. The molecule has 2 fully saturated rings. The molecule has 2 aliphatic heterocycles. The van der Waals surface area contributed by atoms with Crippen molar-refractivity contribution in [2.24, 2.45) is 0 Å². The summed E-state index contributed by atoms with van der Waals surface area (Å²) >= 11 is 0. The fraction of sp³-hybridized carbons (Fsp3) is 0.727. The number of aliphatic hydroxyl groups excluding tert-OH is 1. The van der Waals surface area contributed by atoms with Crippen LogP contribution in [0.2, 0.25) is 0 Å². The topological polar surface area (TPSA) is 111 Å². The summed E-state index contributed by atoms with van der Waals surface area (Å²) in [6.07, 6.45) is -0.322. The molecule has 110 valence electrons. The monoisotopic (exact) mass is 285 g/mol. The third-order valence-corrected chi connectivity index (χ3v) is 3.29. The van der Waals surface area contributed by atoms with E-state index in [1.54, 1.807) is 0 Å². The summed E-state index contributed by atoms with van der Waals surface area (Å²) < 4.78 is 12.9. The van der Waals surface area contributed by atoms with Crippen LogP contribution in [0, 0.1) is 0 Å². The van der Waals surface area contributed by atoms with Crippen LogP contribution >= 0.6 is 0 Å². The van der Waals surface area contributed by atoms with Crippen LogP contribution in [-0.4, -0.2) is 50.8 Å². The van der Waals surface area contributed by atoms with E-state index in [4.69, 9.17) is 14.6 Å². The molecule has 20 heavy (non-hydrogen) atoms. The maximum Gasteiger partial charge on any atom is 0.336 e. The van der Waals surface area contributed by atoms with Crippen LogP contribution < -0.4 is 17.1 Å². The van der Waals surface area contributed by atoms with Crippen molar-refractivity contribution in [1.82, 2.24) is 13.7 Å². The van der Waals surface area contributed by atoms with Gasteiger partial charge in [0.1, 0.15) is 0 Å². The van der Waals surface area contributed by atoms with Gasteiger partial charge in [-0.15, -0.1) is 0 Å². The Morgan fingerprint density at radius 2 is 1.30 bits per heavy atom. The SMILES string of the molecule is O=c1n(CCO)c(=O)n(CC2CO2)c(=O)n1CC1CO1. The lowest BCUT2D eigenvalue weighted by molar-refractivity contribution is 0.261. The Morgan fingerprint density at radius 3 is 1.65 bits per heavy atom. The maximum atomic E-state index is 12.2. The highest BCUT2D eigenvalue weighted by atomic mass is 16.6. The molecular weight excluding hydrogens is 270 g/mol. The van der Waals surface area contributed by atoms with Gasteiger partial charge in [-0.1, -0.05) is 0 Å². The number of aliphatic hydroxyl groups is 1. The third kappa shape index (κ3) is 2.47. The lowest BCUT2D eigenvalue weighted by atomic mass is 10.4. The van der Waals surface area contributed by atoms with Crippen LogP contribution in [0.3, 0.4) is 0 Å². The third-order valence-electron chi connectivity index (χ3n) is 3.29. The first-order valence-electron chi connectivity index (χ1n) is 6.40. The Balaban J connectivity index is 2.11. The molecule has 2 saturated heterocycles. The molecule has 2 atom stereocenters. The standard InChI is InChI=1S/C11H15N3O6/c15-2-1-12-9(16)13(3-7-5-19-7)11(18)14(10(12)17)4-8-6-20-8/h7-8,15H,1-6H2. The number of hydrogen-bond donors (Lipinski definition) is 1. The molecule has 1 N–H and O–H groups in total. The van der Waals surface area contributed by atoms with E-state index in [2.05, 4.69) is 0 Å². The van der Waals surface area contributed by atoms with E-state index < -0.39 is 17.1 Å². The number of rotatable bonds is 6. The van der Waals surface area contributed by atoms with Crippen molar-refractivity contribution in [3.05, 3.63) is 31.5 Å². The number of nitrogens with zero attached hydrogens (tertiary/aromatic N) is 3. The van der Waals surface area contributed by atoms with E-state index >= 15 is 0 Å². The van der Waals surface area contributed by atoms with E-state index in [1.165, 1.54) is 0 Å². The van der Waals surface area contributed by atoms with Crippen molar-refractivity contribution in [3.63, 3.8) is 0 Å². The first kappa shape index (κ1) is 13.3. The first-order chi connectivity index (χ1) is 9.61.